The fraction of sp³-hybridized carbons (Fsp3) is 0.769. The molecule has 2 amide bonds. The molecule has 0 fully saturated rings. The zero-order chi connectivity index (χ0) is 28.5. The number of terminal acetylenes is 2. The van der Waals surface area contributed by atoms with Crippen LogP contribution in [-0.4, -0.2) is 144 Å². The molecule has 13 heteroatoms. The van der Waals surface area contributed by atoms with E-state index in [9.17, 15) is 9.59 Å². The predicted molar refractivity (Wildman–Crippen MR) is 143 cm³/mol. The first-order chi connectivity index (χ1) is 19.2. The van der Waals surface area contributed by atoms with Crippen LogP contribution in [0.2, 0.25) is 0 Å². The van der Waals surface area contributed by atoms with Crippen LogP contribution in [0.15, 0.2) is 0 Å². The van der Waals surface area contributed by atoms with Gasteiger partial charge in [0.2, 0.25) is 11.8 Å². The molecule has 0 saturated carbocycles. The third-order valence-corrected chi connectivity index (χ3v) is 4.31. The summed E-state index contributed by atoms with van der Waals surface area (Å²) in [5.41, 5.74) is 0. The zero-order valence-corrected chi connectivity index (χ0v) is 22.9. The van der Waals surface area contributed by atoms with Gasteiger partial charge < -0.3 is 48.5 Å². The first-order valence-corrected chi connectivity index (χ1v) is 12.9. The molecule has 3 N–H and O–H groups in total. The van der Waals surface area contributed by atoms with Gasteiger partial charge in [-0.2, -0.15) is 0 Å². The van der Waals surface area contributed by atoms with Crippen LogP contribution in [-0.2, 0) is 47.5 Å². The molecule has 0 aromatic carbocycles. The molecule has 0 aromatic heterocycles. The van der Waals surface area contributed by atoms with E-state index in [1.807, 2.05) is 0 Å². The van der Waals surface area contributed by atoms with E-state index in [-0.39, 0.29) is 38.1 Å². The molecule has 0 aliphatic heterocycles. The number of carbonyl (C=O) groups is 2. The third kappa shape index (κ3) is 31.8. The molecule has 0 aliphatic carbocycles. The minimum Gasteiger partial charge on any atom is -0.377 e. The Bertz CT molecular complexity index is 601. The lowest BCUT2D eigenvalue weighted by Crippen LogP contribution is -2.41. The van der Waals surface area contributed by atoms with Crippen LogP contribution < -0.4 is 16.0 Å². The van der Waals surface area contributed by atoms with Crippen molar-refractivity contribution in [3.05, 3.63) is 0 Å². The van der Waals surface area contributed by atoms with E-state index in [2.05, 4.69) is 27.8 Å². The summed E-state index contributed by atoms with van der Waals surface area (Å²) in [6.07, 6.45) is 10.1. The van der Waals surface area contributed by atoms with E-state index in [0.717, 1.165) is 0 Å². The van der Waals surface area contributed by atoms with Gasteiger partial charge in [0, 0.05) is 13.1 Å². The number of rotatable bonds is 30. The monoisotopic (exact) mass is 559 g/mol. The molecule has 0 saturated heterocycles. The average molecular weight is 560 g/mol. The summed E-state index contributed by atoms with van der Waals surface area (Å²) in [6.45, 7) is 7.46. The van der Waals surface area contributed by atoms with Crippen LogP contribution in [0.3, 0.4) is 0 Å². The predicted octanol–water partition coefficient (Wildman–Crippen LogP) is -1.79. The lowest BCUT2D eigenvalue weighted by Gasteiger charge is -2.09. The Labute approximate surface area is 232 Å². The van der Waals surface area contributed by atoms with Gasteiger partial charge in [0.15, 0.2) is 0 Å². The molecule has 0 atom stereocenters. The van der Waals surface area contributed by atoms with Crippen molar-refractivity contribution in [2.24, 2.45) is 0 Å². The number of carbonyl (C=O) groups excluding carboxylic acids is 2. The van der Waals surface area contributed by atoms with Crippen molar-refractivity contribution in [3.63, 3.8) is 0 Å². The minimum atomic E-state index is -0.225. The van der Waals surface area contributed by atoms with Crippen molar-refractivity contribution in [1.82, 2.24) is 16.0 Å². The average Bonchev–Trinajstić information content (AvgIpc) is 2.93. The highest BCUT2D eigenvalue weighted by molar-refractivity contribution is 5.81. The Morgan fingerprint density at radius 2 is 0.744 bits per heavy atom. The lowest BCUT2D eigenvalue weighted by atomic mass is 10.5. The first kappa shape index (κ1) is 36.7. The van der Waals surface area contributed by atoms with Crippen LogP contribution in [0.5, 0.6) is 0 Å². The fourth-order valence-electron chi connectivity index (χ4n) is 2.52. The molecule has 0 bridgehead atoms. The Morgan fingerprint density at radius 1 is 0.462 bits per heavy atom. The standard InChI is InChI=1S/C26H45N3O10/c1-3-7-32-11-15-36-19-21-38-17-13-34-9-5-28-25(30)23-27-24-26(31)29-6-10-35-14-18-39-22-20-37-16-12-33-8-4-2/h1-2,27H,5-24H2,(H,28,30)(H,29,31). The van der Waals surface area contributed by atoms with Gasteiger partial charge in [0.25, 0.3) is 0 Å². The van der Waals surface area contributed by atoms with E-state index in [4.69, 9.17) is 50.7 Å². The topological polar surface area (TPSA) is 144 Å². The van der Waals surface area contributed by atoms with Gasteiger partial charge in [0.1, 0.15) is 13.2 Å². The molecule has 0 rings (SSSR count). The van der Waals surface area contributed by atoms with Gasteiger partial charge in [-0.3, -0.25) is 14.9 Å². The molecular weight excluding hydrogens is 514 g/mol. The van der Waals surface area contributed by atoms with E-state index < -0.39 is 0 Å². The second-order valence-corrected chi connectivity index (χ2v) is 7.49. The largest absolute Gasteiger partial charge is 0.377 e. The Kier molecular flexibility index (Phi) is 30.0. The SMILES string of the molecule is C#CCOCCOCCOCCOCCNC(=O)CNCC(=O)NCCOCCOCCOCCOCC#C. The summed E-state index contributed by atoms with van der Waals surface area (Å²) < 4.78 is 42.2. The van der Waals surface area contributed by atoms with Crippen molar-refractivity contribution in [2.45, 2.75) is 0 Å². The highest BCUT2D eigenvalue weighted by Gasteiger charge is 2.04. The summed E-state index contributed by atoms with van der Waals surface area (Å²) in [7, 11) is 0. The normalized spacial score (nSPS) is 10.6. The molecule has 0 spiro atoms. The van der Waals surface area contributed by atoms with Crippen LogP contribution >= 0.6 is 0 Å². The molecule has 0 aromatic rings. The molecule has 0 unspecified atom stereocenters. The highest BCUT2D eigenvalue weighted by atomic mass is 16.6. The second kappa shape index (κ2) is 31.9. The minimum absolute atomic E-state index is 0.0276. The van der Waals surface area contributed by atoms with Crippen LogP contribution in [0, 0.1) is 24.7 Å². The quantitative estimate of drug-likeness (QED) is 0.0678. The van der Waals surface area contributed by atoms with E-state index in [0.29, 0.717) is 106 Å². The number of hydrogen-bond donors (Lipinski definition) is 3. The third-order valence-electron chi connectivity index (χ3n) is 4.31. The molecule has 0 heterocycles. The van der Waals surface area contributed by atoms with E-state index in [1.165, 1.54) is 0 Å². The first-order valence-electron chi connectivity index (χ1n) is 12.9. The zero-order valence-electron chi connectivity index (χ0n) is 22.9. The second-order valence-electron chi connectivity index (χ2n) is 7.49. The summed E-state index contributed by atoms with van der Waals surface area (Å²) >= 11 is 0. The van der Waals surface area contributed by atoms with Crippen LogP contribution in [0.4, 0.5) is 0 Å². The number of nitrogens with one attached hydrogen (secondary N) is 3. The molecular formula is C26H45N3O10. The van der Waals surface area contributed by atoms with Crippen molar-refractivity contribution >= 4 is 11.8 Å². The summed E-state index contributed by atoms with van der Waals surface area (Å²) in [5, 5.41) is 8.18. The van der Waals surface area contributed by atoms with Gasteiger partial charge in [-0.05, 0) is 0 Å². The van der Waals surface area contributed by atoms with Crippen LogP contribution in [0.25, 0.3) is 0 Å². The van der Waals surface area contributed by atoms with Gasteiger partial charge in [-0.25, -0.2) is 0 Å². The van der Waals surface area contributed by atoms with Crippen molar-refractivity contribution in [3.8, 4) is 24.7 Å². The number of ether oxygens (including phenoxy) is 8. The maximum atomic E-state index is 11.8. The molecule has 224 valence electrons. The van der Waals surface area contributed by atoms with E-state index in [1.54, 1.807) is 0 Å². The lowest BCUT2D eigenvalue weighted by molar-refractivity contribution is -0.121. The smallest absolute Gasteiger partial charge is 0.234 e. The van der Waals surface area contributed by atoms with Gasteiger partial charge in [-0.15, -0.1) is 12.8 Å². The molecule has 13 nitrogen and oxygen atoms in total. The van der Waals surface area contributed by atoms with Gasteiger partial charge >= 0.3 is 0 Å². The van der Waals surface area contributed by atoms with Crippen molar-refractivity contribution in [2.75, 3.05) is 132 Å². The summed E-state index contributed by atoms with van der Waals surface area (Å²) in [6, 6.07) is 0. The molecule has 39 heavy (non-hydrogen) atoms. The summed E-state index contributed by atoms with van der Waals surface area (Å²) in [4.78, 5) is 23.5. The summed E-state index contributed by atoms with van der Waals surface area (Å²) in [5.74, 6) is 4.30. The number of amides is 2. The van der Waals surface area contributed by atoms with Gasteiger partial charge in [-0.1, -0.05) is 11.8 Å². The molecule has 0 radical (unpaired) electrons. The Hall–Kier alpha value is -2.30. The maximum Gasteiger partial charge on any atom is 0.234 e. The number of hydrogen-bond acceptors (Lipinski definition) is 11. The van der Waals surface area contributed by atoms with Crippen LogP contribution in [0.1, 0.15) is 0 Å². The fourth-order valence-corrected chi connectivity index (χ4v) is 2.52. The van der Waals surface area contributed by atoms with E-state index >= 15 is 0 Å². The van der Waals surface area contributed by atoms with Gasteiger partial charge in [0.05, 0.1) is 106 Å². The maximum absolute atomic E-state index is 11.8. The highest BCUT2D eigenvalue weighted by Crippen LogP contribution is 1.84. The van der Waals surface area contributed by atoms with Crippen molar-refractivity contribution in [1.29, 1.82) is 0 Å². The molecule has 0 aliphatic rings. The Morgan fingerprint density at radius 3 is 1.05 bits per heavy atom. The Balaban J connectivity index is 3.28. The van der Waals surface area contributed by atoms with Crippen molar-refractivity contribution < 1.29 is 47.5 Å².